The molecule has 28 heavy (non-hydrogen) atoms. The quantitative estimate of drug-likeness (QED) is 0.609. The Bertz CT molecular complexity index is 1150. The number of hydrogen-bond donors (Lipinski definition) is 1. The van der Waals surface area contributed by atoms with E-state index in [1.54, 1.807) is 24.3 Å². The molecule has 0 saturated heterocycles. The number of carbonyl (C=O) groups excluding carboxylic acids is 1. The first-order valence-electron chi connectivity index (χ1n) is 8.29. The molecular weight excluding hydrogens is 423 g/mol. The van der Waals surface area contributed by atoms with Crippen LogP contribution in [0.4, 0.5) is 10.8 Å². The molecule has 1 amide bonds. The van der Waals surface area contributed by atoms with Gasteiger partial charge in [-0.05, 0) is 43.7 Å². The molecule has 6 nitrogen and oxygen atoms in total. The summed E-state index contributed by atoms with van der Waals surface area (Å²) in [4.78, 5) is 30.6. The van der Waals surface area contributed by atoms with E-state index in [1.807, 2.05) is 13.0 Å². The number of thiazole rings is 1. The minimum absolute atomic E-state index is 0.371. The predicted molar refractivity (Wildman–Crippen MR) is 109 cm³/mol. The summed E-state index contributed by atoms with van der Waals surface area (Å²) in [6.45, 7) is 3.36. The molecule has 144 valence electrons. The van der Waals surface area contributed by atoms with Crippen molar-refractivity contribution in [3.63, 3.8) is 0 Å². The maximum Gasteiger partial charge on any atom is 0.307 e. The molecule has 0 bridgehead atoms. The fourth-order valence-corrected chi connectivity index (χ4v) is 4.72. The van der Waals surface area contributed by atoms with Gasteiger partial charge in [0.25, 0.3) is 5.91 Å². The molecule has 1 atom stereocenters. The van der Waals surface area contributed by atoms with Crippen molar-refractivity contribution in [2.75, 3.05) is 4.90 Å². The summed E-state index contributed by atoms with van der Waals surface area (Å²) in [7, 11) is 0. The van der Waals surface area contributed by atoms with Crippen molar-refractivity contribution in [2.45, 2.75) is 25.9 Å². The maximum atomic E-state index is 13.3. The normalized spacial score (nSPS) is 18.9. The molecule has 9 heteroatoms. The number of aryl methyl sites for hydroxylation is 1. The second-order valence-corrected chi connectivity index (χ2v) is 8.57. The molecule has 0 spiro atoms. The summed E-state index contributed by atoms with van der Waals surface area (Å²) in [5, 5.41) is 10.5. The topological polar surface area (TPSA) is 79.7 Å². The lowest BCUT2D eigenvalue weighted by Gasteiger charge is -2.39. The van der Waals surface area contributed by atoms with Gasteiger partial charge in [-0.25, -0.2) is 9.88 Å². The second-order valence-electron chi connectivity index (χ2n) is 6.75. The molecule has 4 rings (SSSR count). The average molecular weight is 437 g/mol. The van der Waals surface area contributed by atoms with Crippen molar-refractivity contribution in [3.05, 3.63) is 45.9 Å². The Balaban J connectivity index is 1.93. The Morgan fingerprint density at radius 2 is 2.07 bits per heavy atom. The summed E-state index contributed by atoms with van der Waals surface area (Å²) in [6.07, 6.45) is -0.479. The van der Waals surface area contributed by atoms with Crippen molar-refractivity contribution >= 4 is 67.5 Å². The molecule has 1 aliphatic heterocycles. The summed E-state index contributed by atoms with van der Waals surface area (Å²) in [6, 6.07) is 8.64. The van der Waals surface area contributed by atoms with Gasteiger partial charge < -0.3 is 9.84 Å². The number of aromatic nitrogens is 1. The van der Waals surface area contributed by atoms with Crippen LogP contribution in [0.25, 0.3) is 10.2 Å². The van der Waals surface area contributed by atoms with Gasteiger partial charge in [-0.1, -0.05) is 40.6 Å². The number of fused-ring (bicyclic) bond motifs is 2. The lowest BCUT2D eigenvalue weighted by molar-refractivity contribution is -0.148. The minimum atomic E-state index is -1.56. The number of carbonyl (C=O) groups is 2. The second kappa shape index (κ2) is 6.62. The zero-order valence-corrected chi connectivity index (χ0v) is 17.2. The van der Waals surface area contributed by atoms with Gasteiger partial charge in [-0.3, -0.25) is 9.59 Å². The molecule has 1 N–H and O–H groups in total. The third-order valence-corrected chi connectivity index (χ3v) is 6.14. The van der Waals surface area contributed by atoms with E-state index in [0.29, 0.717) is 36.8 Å². The van der Waals surface area contributed by atoms with Crippen LogP contribution in [0.2, 0.25) is 10.0 Å². The monoisotopic (exact) mass is 436 g/mol. The van der Waals surface area contributed by atoms with E-state index in [-0.39, 0.29) is 0 Å². The highest BCUT2D eigenvalue weighted by atomic mass is 35.5. The highest BCUT2D eigenvalue weighted by Crippen LogP contribution is 2.46. The van der Waals surface area contributed by atoms with Crippen molar-refractivity contribution in [1.82, 2.24) is 4.98 Å². The molecule has 3 aromatic rings. The molecule has 0 fully saturated rings. The van der Waals surface area contributed by atoms with Gasteiger partial charge in [-0.2, -0.15) is 0 Å². The Morgan fingerprint density at radius 1 is 1.32 bits per heavy atom. The van der Waals surface area contributed by atoms with E-state index in [2.05, 4.69) is 4.98 Å². The van der Waals surface area contributed by atoms with Crippen LogP contribution in [-0.4, -0.2) is 27.6 Å². The lowest BCUT2D eigenvalue weighted by Crippen LogP contribution is -2.53. The molecular formula is C19H14Cl2N2O4S. The number of rotatable bonds is 3. The van der Waals surface area contributed by atoms with Crippen LogP contribution in [0.3, 0.4) is 0 Å². The van der Waals surface area contributed by atoms with Crippen LogP contribution >= 0.6 is 34.5 Å². The summed E-state index contributed by atoms with van der Waals surface area (Å²) in [5.41, 5.74) is 0.428. The Hall–Kier alpha value is -2.35. The predicted octanol–water partition coefficient (Wildman–Crippen LogP) is 5.20. The van der Waals surface area contributed by atoms with E-state index >= 15 is 0 Å². The number of aliphatic carboxylic acids is 1. The summed E-state index contributed by atoms with van der Waals surface area (Å²) in [5.74, 6) is -1.22. The number of halogens is 2. The number of carboxylic acid groups (broad SMARTS) is 1. The lowest BCUT2D eigenvalue weighted by atomic mass is 9.97. The molecule has 0 radical (unpaired) electrons. The fourth-order valence-electron chi connectivity index (χ4n) is 3.15. The largest absolute Gasteiger partial charge is 0.481 e. The molecule has 1 aromatic heterocycles. The maximum absolute atomic E-state index is 13.3. The number of carboxylic acids is 1. The van der Waals surface area contributed by atoms with Gasteiger partial charge in [0.1, 0.15) is 5.75 Å². The molecule has 0 saturated carbocycles. The first kappa shape index (κ1) is 19.0. The zero-order chi connectivity index (χ0) is 20.2. The molecule has 0 aliphatic carbocycles. The van der Waals surface area contributed by atoms with Gasteiger partial charge in [0.05, 0.1) is 27.3 Å². The van der Waals surface area contributed by atoms with Gasteiger partial charge in [-0.15, -0.1) is 0 Å². The van der Waals surface area contributed by atoms with Gasteiger partial charge in [0, 0.05) is 5.02 Å². The van der Waals surface area contributed by atoms with E-state index in [1.165, 1.54) is 23.2 Å². The number of benzene rings is 2. The van der Waals surface area contributed by atoms with Crippen LogP contribution in [0.15, 0.2) is 30.3 Å². The Morgan fingerprint density at radius 3 is 2.79 bits per heavy atom. The highest BCUT2D eigenvalue weighted by molar-refractivity contribution is 7.23. The van der Waals surface area contributed by atoms with E-state index in [4.69, 9.17) is 27.9 Å². The fraction of sp³-hybridized carbons (Fsp3) is 0.211. The summed E-state index contributed by atoms with van der Waals surface area (Å²) >= 11 is 13.6. The van der Waals surface area contributed by atoms with Crippen molar-refractivity contribution in [2.24, 2.45) is 0 Å². The number of ether oxygens (including phenoxy) is 1. The van der Waals surface area contributed by atoms with Crippen LogP contribution < -0.4 is 9.64 Å². The van der Waals surface area contributed by atoms with Crippen LogP contribution in [0.5, 0.6) is 5.75 Å². The summed E-state index contributed by atoms with van der Waals surface area (Å²) < 4.78 is 6.51. The van der Waals surface area contributed by atoms with Crippen molar-refractivity contribution < 1.29 is 19.4 Å². The van der Waals surface area contributed by atoms with Gasteiger partial charge in [0.2, 0.25) is 0 Å². The van der Waals surface area contributed by atoms with Crippen LogP contribution in [0.1, 0.15) is 18.9 Å². The number of nitrogens with zero attached hydrogens (tertiary/aromatic N) is 2. The van der Waals surface area contributed by atoms with Gasteiger partial charge in [0.15, 0.2) is 10.7 Å². The van der Waals surface area contributed by atoms with E-state index in [9.17, 15) is 14.7 Å². The first-order valence-corrected chi connectivity index (χ1v) is 9.87. The third-order valence-electron chi connectivity index (χ3n) is 4.42. The van der Waals surface area contributed by atoms with E-state index in [0.717, 1.165) is 5.56 Å². The Labute approximate surface area is 174 Å². The molecule has 2 heterocycles. The van der Waals surface area contributed by atoms with E-state index < -0.39 is 23.9 Å². The molecule has 1 unspecified atom stereocenters. The minimum Gasteiger partial charge on any atom is -0.481 e. The zero-order valence-electron chi connectivity index (χ0n) is 14.8. The first-order chi connectivity index (χ1) is 13.2. The average Bonchev–Trinajstić information content (AvgIpc) is 2.99. The van der Waals surface area contributed by atoms with Crippen LogP contribution in [-0.2, 0) is 9.59 Å². The van der Waals surface area contributed by atoms with Crippen molar-refractivity contribution in [3.8, 4) is 5.75 Å². The number of amides is 1. The highest BCUT2D eigenvalue weighted by Gasteiger charge is 2.47. The van der Waals surface area contributed by atoms with Crippen molar-refractivity contribution in [1.29, 1.82) is 0 Å². The Kier molecular flexibility index (Phi) is 4.49. The third kappa shape index (κ3) is 3.09. The number of hydrogen-bond acceptors (Lipinski definition) is 5. The number of anilines is 2. The standard InChI is InChI=1S/C19H14Cl2N2O4S/c1-9-3-4-14-13(5-9)23(17(26)19(2,27-14)8-15(24)25)18-22-12-7-10(20)6-11(21)16(12)28-18/h3-7H,8H2,1-2H3,(H,24,25). The SMILES string of the molecule is Cc1ccc2c(c1)N(c1nc3cc(Cl)cc(Cl)c3s1)C(=O)C(C)(CC(=O)O)O2. The van der Waals surface area contributed by atoms with Gasteiger partial charge >= 0.3 is 5.97 Å². The molecule has 2 aromatic carbocycles. The molecule has 1 aliphatic rings. The van der Waals surface area contributed by atoms with Crippen LogP contribution in [0, 0.1) is 6.92 Å². The smallest absolute Gasteiger partial charge is 0.307 e.